The van der Waals surface area contributed by atoms with E-state index in [1.807, 2.05) is 37.3 Å². The molecule has 0 aromatic carbocycles. The summed E-state index contributed by atoms with van der Waals surface area (Å²) in [7, 11) is 0. The van der Waals surface area contributed by atoms with Crippen LogP contribution in [0.3, 0.4) is 0 Å². The molecule has 1 N–H and O–H groups in total. The average Bonchev–Trinajstić information content (AvgIpc) is 2.42. The fourth-order valence-electron chi connectivity index (χ4n) is 1.64. The van der Waals surface area contributed by atoms with E-state index in [1.165, 1.54) is 5.57 Å². The summed E-state index contributed by atoms with van der Waals surface area (Å²) < 4.78 is 0. The molecule has 1 rings (SSSR count). The van der Waals surface area contributed by atoms with Crippen molar-refractivity contribution in [1.82, 2.24) is 0 Å². The van der Waals surface area contributed by atoms with Gasteiger partial charge in [-0.3, -0.25) is 0 Å². The Morgan fingerprint density at radius 3 is 2.88 bits per heavy atom. The van der Waals surface area contributed by atoms with Gasteiger partial charge in [0, 0.05) is 5.71 Å². The lowest BCUT2D eigenvalue weighted by molar-refractivity contribution is 1.24. The van der Waals surface area contributed by atoms with Gasteiger partial charge in [-0.05, 0) is 55.2 Å². The Balaban J connectivity index is 3.20. The minimum atomic E-state index is 0.567. The van der Waals surface area contributed by atoms with Gasteiger partial charge in [-0.2, -0.15) is 0 Å². The van der Waals surface area contributed by atoms with Crippen LogP contribution in [-0.2, 0) is 0 Å². The van der Waals surface area contributed by atoms with Crippen LogP contribution in [0.25, 0.3) is 0 Å². The molecule has 1 nitrogen and oxygen atoms in total. The lowest BCUT2D eigenvalue weighted by Crippen LogP contribution is -1.91. The van der Waals surface area contributed by atoms with Crippen LogP contribution in [0.2, 0.25) is 0 Å². The number of hydrogen-bond donors (Lipinski definition) is 1. The standard InChI is InChI=1S/C15H17N/c1-4-8-14-9-6-5-7-10-15(14)12(2)11-13(3)16/h4-5,7,9-11,16H,1,8H2,2-3H3/b12-11-,16-13?. The zero-order valence-corrected chi connectivity index (χ0v) is 9.88. The van der Waals surface area contributed by atoms with Crippen molar-refractivity contribution in [3.8, 4) is 0 Å². The summed E-state index contributed by atoms with van der Waals surface area (Å²) in [5, 5.41) is 7.49. The van der Waals surface area contributed by atoms with Crippen LogP contribution < -0.4 is 0 Å². The normalized spacial score (nSPS) is 15.2. The Morgan fingerprint density at radius 1 is 1.50 bits per heavy atom. The van der Waals surface area contributed by atoms with E-state index in [4.69, 9.17) is 5.41 Å². The predicted octanol–water partition coefficient (Wildman–Crippen LogP) is 4.13. The first-order valence-electron chi connectivity index (χ1n) is 5.32. The SMILES string of the molecule is C=CCC1=C(/C(C)=C\C(C)=N)C=CC=C=C1. The average molecular weight is 211 g/mol. The van der Waals surface area contributed by atoms with Gasteiger partial charge >= 0.3 is 0 Å². The van der Waals surface area contributed by atoms with Crippen LogP contribution in [0.4, 0.5) is 0 Å². The van der Waals surface area contributed by atoms with Gasteiger partial charge < -0.3 is 5.41 Å². The summed E-state index contributed by atoms with van der Waals surface area (Å²) in [6, 6.07) is 0. The van der Waals surface area contributed by atoms with E-state index in [-0.39, 0.29) is 0 Å². The molecule has 0 aromatic rings. The maximum absolute atomic E-state index is 7.49. The minimum absolute atomic E-state index is 0.567. The predicted molar refractivity (Wildman–Crippen MR) is 70.8 cm³/mol. The number of hydrogen-bond acceptors (Lipinski definition) is 1. The molecule has 82 valence electrons. The molecule has 0 atom stereocenters. The Morgan fingerprint density at radius 2 is 2.25 bits per heavy atom. The van der Waals surface area contributed by atoms with Crippen molar-refractivity contribution in [1.29, 1.82) is 5.41 Å². The van der Waals surface area contributed by atoms with E-state index in [9.17, 15) is 0 Å². The first-order valence-corrected chi connectivity index (χ1v) is 5.32. The lowest BCUT2D eigenvalue weighted by Gasteiger charge is -2.07. The van der Waals surface area contributed by atoms with Gasteiger partial charge in [0.05, 0.1) is 0 Å². The van der Waals surface area contributed by atoms with Crippen molar-refractivity contribution in [3.63, 3.8) is 0 Å². The highest BCUT2D eigenvalue weighted by Crippen LogP contribution is 2.21. The maximum Gasteiger partial charge on any atom is 0.0285 e. The Hall–Kier alpha value is -1.85. The van der Waals surface area contributed by atoms with E-state index >= 15 is 0 Å². The summed E-state index contributed by atoms with van der Waals surface area (Å²) in [5.74, 6) is 0. The van der Waals surface area contributed by atoms with Gasteiger partial charge in [-0.15, -0.1) is 12.3 Å². The van der Waals surface area contributed by atoms with Crippen LogP contribution in [0.1, 0.15) is 20.3 Å². The molecule has 1 heteroatoms. The molecule has 0 heterocycles. The van der Waals surface area contributed by atoms with Crippen molar-refractivity contribution < 1.29 is 0 Å². The van der Waals surface area contributed by atoms with Crippen molar-refractivity contribution >= 4 is 5.71 Å². The molecule has 0 spiro atoms. The molecular weight excluding hydrogens is 194 g/mol. The van der Waals surface area contributed by atoms with Crippen molar-refractivity contribution in [3.05, 3.63) is 65.5 Å². The van der Waals surface area contributed by atoms with E-state index in [2.05, 4.69) is 18.4 Å². The Kier molecular flexibility index (Phi) is 4.50. The zero-order chi connectivity index (χ0) is 12.0. The quantitative estimate of drug-likeness (QED) is 0.411. The lowest BCUT2D eigenvalue weighted by atomic mass is 9.97. The summed E-state index contributed by atoms with van der Waals surface area (Å²) in [6.07, 6.45) is 12.5. The number of allylic oxidation sites excluding steroid dienone is 8. The molecular formula is C15H17N. The fourth-order valence-corrected chi connectivity index (χ4v) is 1.64. The molecule has 0 saturated heterocycles. The van der Waals surface area contributed by atoms with E-state index in [0.717, 1.165) is 17.6 Å². The maximum atomic E-state index is 7.49. The third-order valence-corrected chi connectivity index (χ3v) is 2.28. The molecule has 0 unspecified atom stereocenters. The molecule has 0 radical (unpaired) electrons. The first kappa shape index (κ1) is 12.2. The van der Waals surface area contributed by atoms with Crippen molar-refractivity contribution in [2.45, 2.75) is 20.3 Å². The van der Waals surface area contributed by atoms with Crippen molar-refractivity contribution in [2.75, 3.05) is 0 Å². The summed E-state index contributed by atoms with van der Waals surface area (Å²) >= 11 is 0. The minimum Gasteiger partial charge on any atom is -0.306 e. The highest BCUT2D eigenvalue weighted by atomic mass is 14.4. The van der Waals surface area contributed by atoms with Crippen LogP contribution in [0.15, 0.2) is 65.5 Å². The number of nitrogens with one attached hydrogen (secondary N) is 1. The molecule has 1 aliphatic rings. The third kappa shape index (κ3) is 3.38. The largest absolute Gasteiger partial charge is 0.306 e. The molecule has 16 heavy (non-hydrogen) atoms. The molecule has 0 saturated carbocycles. The Bertz CT molecular complexity index is 450. The smallest absolute Gasteiger partial charge is 0.0285 e. The fraction of sp³-hybridized carbons (Fsp3) is 0.200. The van der Waals surface area contributed by atoms with E-state index in [1.54, 1.807) is 6.92 Å². The van der Waals surface area contributed by atoms with Crippen molar-refractivity contribution in [2.24, 2.45) is 0 Å². The summed E-state index contributed by atoms with van der Waals surface area (Å²) in [6.45, 7) is 7.57. The van der Waals surface area contributed by atoms with Gasteiger partial charge in [-0.1, -0.05) is 18.2 Å². The van der Waals surface area contributed by atoms with Gasteiger partial charge in [0.2, 0.25) is 0 Å². The number of rotatable bonds is 4. The highest BCUT2D eigenvalue weighted by Gasteiger charge is 2.04. The second-order valence-corrected chi connectivity index (χ2v) is 3.78. The van der Waals surface area contributed by atoms with Crippen LogP contribution in [0.5, 0.6) is 0 Å². The molecule has 0 amide bonds. The topological polar surface area (TPSA) is 23.9 Å². The molecule has 0 aliphatic heterocycles. The molecule has 0 aromatic heterocycles. The molecule has 0 bridgehead atoms. The zero-order valence-electron chi connectivity index (χ0n) is 9.88. The van der Waals surface area contributed by atoms with E-state index < -0.39 is 0 Å². The van der Waals surface area contributed by atoms with Gasteiger partial charge in [0.25, 0.3) is 0 Å². The van der Waals surface area contributed by atoms with Gasteiger partial charge in [-0.25, -0.2) is 0 Å². The van der Waals surface area contributed by atoms with Crippen LogP contribution >= 0.6 is 0 Å². The van der Waals surface area contributed by atoms with Crippen LogP contribution in [0, 0.1) is 5.41 Å². The second kappa shape index (κ2) is 5.89. The monoisotopic (exact) mass is 211 g/mol. The Labute approximate surface area is 97.4 Å². The van der Waals surface area contributed by atoms with E-state index in [0.29, 0.717) is 5.71 Å². The highest BCUT2D eigenvalue weighted by molar-refractivity contribution is 5.91. The summed E-state index contributed by atoms with van der Waals surface area (Å²) in [5.41, 5.74) is 7.12. The first-order chi connectivity index (χ1) is 7.65. The second-order valence-electron chi connectivity index (χ2n) is 3.78. The third-order valence-electron chi connectivity index (χ3n) is 2.28. The summed E-state index contributed by atoms with van der Waals surface area (Å²) in [4.78, 5) is 0. The van der Waals surface area contributed by atoms with Gasteiger partial charge in [0.15, 0.2) is 0 Å². The van der Waals surface area contributed by atoms with Crippen LogP contribution in [-0.4, -0.2) is 5.71 Å². The van der Waals surface area contributed by atoms with Gasteiger partial charge in [0.1, 0.15) is 0 Å². The molecule has 0 fully saturated rings. The molecule has 1 aliphatic carbocycles.